The molecule has 0 unspecified atom stereocenters. The van der Waals surface area contributed by atoms with Crippen molar-refractivity contribution in [1.82, 2.24) is 14.4 Å². The van der Waals surface area contributed by atoms with Crippen molar-refractivity contribution in [3.8, 4) is 28.4 Å². The first-order chi connectivity index (χ1) is 19.5. The summed E-state index contributed by atoms with van der Waals surface area (Å²) in [7, 11) is 3.22. The van der Waals surface area contributed by atoms with Crippen molar-refractivity contribution in [2.24, 2.45) is 0 Å². The zero-order valence-corrected chi connectivity index (χ0v) is 23.8. The van der Waals surface area contributed by atoms with Crippen LogP contribution in [0.5, 0.6) is 11.5 Å². The summed E-state index contributed by atoms with van der Waals surface area (Å²) in [5.41, 5.74) is 4.28. The molecule has 40 heavy (non-hydrogen) atoms. The van der Waals surface area contributed by atoms with E-state index in [0.29, 0.717) is 49.0 Å². The Morgan fingerprint density at radius 2 is 1.40 bits per heavy atom. The third-order valence-electron chi connectivity index (χ3n) is 7.20. The number of piperazine rings is 1. The lowest BCUT2D eigenvalue weighted by Gasteiger charge is -2.34. The molecule has 3 aromatic carbocycles. The zero-order chi connectivity index (χ0) is 28.1. The highest BCUT2D eigenvalue weighted by atomic mass is 32.2. The first-order valence-electron chi connectivity index (χ1n) is 13.2. The second kappa shape index (κ2) is 12.3. The Balaban J connectivity index is 1.36. The molecular weight excluding hydrogens is 522 g/mol. The second-order valence-corrected chi connectivity index (χ2v) is 10.6. The van der Waals surface area contributed by atoms with Crippen LogP contribution in [0.15, 0.2) is 89.8 Å². The smallest absolute Gasteiger partial charge is 0.255 e. The average molecular weight is 556 g/mol. The van der Waals surface area contributed by atoms with Gasteiger partial charge in [-0.05, 0) is 42.8 Å². The maximum atomic E-state index is 13.8. The Morgan fingerprint density at radius 3 is 2.05 bits per heavy atom. The van der Waals surface area contributed by atoms with E-state index in [-0.39, 0.29) is 11.8 Å². The molecule has 1 aromatic heterocycles. The summed E-state index contributed by atoms with van der Waals surface area (Å²) in [4.78, 5) is 31.4. The Labute approximate surface area is 239 Å². The molecule has 7 nitrogen and oxygen atoms in total. The van der Waals surface area contributed by atoms with Gasteiger partial charge in [-0.15, -0.1) is 11.8 Å². The van der Waals surface area contributed by atoms with E-state index in [0.717, 1.165) is 27.5 Å². The van der Waals surface area contributed by atoms with Gasteiger partial charge in [-0.3, -0.25) is 9.59 Å². The Morgan fingerprint density at radius 1 is 0.775 bits per heavy atom. The van der Waals surface area contributed by atoms with Gasteiger partial charge in [0.05, 0.1) is 31.2 Å². The van der Waals surface area contributed by atoms with E-state index in [1.807, 2.05) is 102 Å². The maximum absolute atomic E-state index is 13.8. The highest BCUT2D eigenvalue weighted by Gasteiger charge is 2.28. The van der Waals surface area contributed by atoms with Gasteiger partial charge in [0, 0.05) is 48.5 Å². The van der Waals surface area contributed by atoms with E-state index in [2.05, 4.69) is 4.57 Å². The average Bonchev–Trinajstić information content (AvgIpc) is 3.36. The third-order valence-corrected chi connectivity index (χ3v) is 8.19. The summed E-state index contributed by atoms with van der Waals surface area (Å²) < 4.78 is 13.1. The van der Waals surface area contributed by atoms with E-state index in [9.17, 15) is 9.59 Å². The molecular formula is C32H33N3O4S. The lowest BCUT2D eigenvalue weighted by atomic mass is 10.1. The molecule has 0 aliphatic carbocycles. The quantitative estimate of drug-likeness (QED) is 0.267. The molecule has 1 aliphatic rings. The van der Waals surface area contributed by atoms with Crippen LogP contribution in [0.3, 0.4) is 0 Å². The number of nitrogens with zero attached hydrogens (tertiary/aromatic N) is 3. The number of amides is 2. The summed E-state index contributed by atoms with van der Waals surface area (Å²) in [5, 5.41) is 0. The van der Waals surface area contributed by atoms with Gasteiger partial charge in [-0.1, -0.05) is 48.5 Å². The van der Waals surface area contributed by atoms with Crippen molar-refractivity contribution < 1.29 is 19.1 Å². The lowest BCUT2D eigenvalue weighted by molar-refractivity contribution is -0.129. The highest BCUT2D eigenvalue weighted by Crippen LogP contribution is 2.35. The van der Waals surface area contributed by atoms with Crippen LogP contribution in [-0.4, -0.2) is 72.3 Å². The number of carbonyl (C=O) groups excluding carboxylic acids is 2. The van der Waals surface area contributed by atoms with Crippen LogP contribution in [0.2, 0.25) is 0 Å². The predicted molar refractivity (Wildman–Crippen MR) is 159 cm³/mol. The Bertz CT molecular complexity index is 1480. The van der Waals surface area contributed by atoms with E-state index in [1.165, 1.54) is 0 Å². The van der Waals surface area contributed by atoms with Crippen LogP contribution in [0.1, 0.15) is 16.1 Å². The third kappa shape index (κ3) is 5.72. The van der Waals surface area contributed by atoms with Gasteiger partial charge >= 0.3 is 0 Å². The standard InChI is InChI=1S/C32H33N3O4S/c1-23-27(32(37)34-18-16-33(17-19-34)31(36)22-40-26-12-8-5-9-13-26)21-28(24-10-6-4-7-11-24)35(23)25-14-15-29(38-2)30(20-25)39-3/h4-15,20-21H,16-19,22H2,1-3H3. The molecule has 8 heteroatoms. The fourth-order valence-electron chi connectivity index (χ4n) is 5.02. The van der Waals surface area contributed by atoms with Crippen molar-refractivity contribution in [2.45, 2.75) is 11.8 Å². The Kier molecular flexibility index (Phi) is 8.45. The van der Waals surface area contributed by atoms with Crippen LogP contribution in [0.25, 0.3) is 16.9 Å². The maximum Gasteiger partial charge on any atom is 0.255 e. The summed E-state index contributed by atoms with van der Waals surface area (Å²) >= 11 is 1.54. The largest absolute Gasteiger partial charge is 0.493 e. The molecule has 2 heterocycles. The number of carbonyl (C=O) groups is 2. The van der Waals surface area contributed by atoms with Gasteiger partial charge in [-0.2, -0.15) is 0 Å². The summed E-state index contributed by atoms with van der Waals surface area (Å²) in [6.07, 6.45) is 0. The molecule has 1 saturated heterocycles. The molecule has 4 aromatic rings. The summed E-state index contributed by atoms with van der Waals surface area (Å²) in [5.74, 6) is 1.73. The highest BCUT2D eigenvalue weighted by molar-refractivity contribution is 8.00. The van der Waals surface area contributed by atoms with E-state index in [4.69, 9.17) is 9.47 Å². The van der Waals surface area contributed by atoms with Gasteiger partial charge < -0.3 is 23.8 Å². The van der Waals surface area contributed by atoms with Crippen LogP contribution >= 0.6 is 11.8 Å². The second-order valence-electron chi connectivity index (χ2n) is 9.54. The van der Waals surface area contributed by atoms with Gasteiger partial charge in [0.15, 0.2) is 11.5 Å². The molecule has 0 N–H and O–H groups in total. The van der Waals surface area contributed by atoms with Gasteiger partial charge in [0.25, 0.3) is 5.91 Å². The normalized spacial score (nSPS) is 13.3. The van der Waals surface area contributed by atoms with Crippen molar-refractivity contribution in [1.29, 1.82) is 0 Å². The number of methoxy groups -OCH3 is 2. The SMILES string of the molecule is COc1ccc(-n2c(-c3ccccc3)cc(C(=O)N3CCN(C(=O)CSc4ccccc4)CC3)c2C)cc1OC. The molecule has 0 radical (unpaired) electrons. The summed E-state index contributed by atoms with van der Waals surface area (Å²) in [6, 6.07) is 27.7. The number of aromatic nitrogens is 1. The minimum Gasteiger partial charge on any atom is -0.493 e. The minimum atomic E-state index is -0.0281. The number of ether oxygens (including phenoxy) is 2. The molecule has 0 saturated carbocycles. The lowest BCUT2D eigenvalue weighted by Crippen LogP contribution is -2.51. The van der Waals surface area contributed by atoms with Gasteiger partial charge in [-0.25, -0.2) is 0 Å². The fraction of sp³-hybridized carbons (Fsp3) is 0.250. The number of hydrogen-bond acceptors (Lipinski definition) is 5. The van der Waals surface area contributed by atoms with Gasteiger partial charge in [0.1, 0.15) is 0 Å². The number of thioether (sulfide) groups is 1. The monoisotopic (exact) mass is 555 g/mol. The predicted octanol–water partition coefficient (Wildman–Crippen LogP) is 5.55. The van der Waals surface area contributed by atoms with E-state index >= 15 is 0 Å². The topological polar surface area (TPSA) is 64.0 Å². The number of rotatable bonds is 8. The van der Waals surface area contributed by atoms with Crippen LogP contribution in [0, 0.1) is 6.92 Å². The van der Waals surface area contributed by atoms with Crippen LogP contribution < -0.4 is 9.47 Å². The first-order valence-corrected chi connectivity index (χ1v) is 14.2. The fourth-order valence-corrected chi connectivity index (χ4v) is 5.85. The molecule has 1 fully saturated rings. The molecule has 0 spiro atoms. The van der Waals surface area contributed by atoms with Crippen molar-refractivity contribution in [3.63, 3.8) is 0 Å². The van der Waals surface area contributed by atoms with E-state index < -0.39 is 0 Å². The van der Waals surface area contributed by atoms with Crippen molar-refractivity contribution in [2.75, 3.05) is 46.2 Å². The molecule has 206 valence electrons. The Hall–Kier alpha value is -4.17. The summed E-state index contributed by atoms with van der Waals surface area (Å²) in [6.45, 7) is 4.03. The van der Waals surface area contributed by atoms with Crippen molar-refractivity contribution >= 4 is 23.6 Å². The minimum absolute atomic E-state index is 0.0281. The van der Waals surface area contributed by atoms with Gasteiger partial charge in [0.2, 0.25) is 5.91 Å². The molecule has 2 amide bonds. The molecule has 0 atom stereocenters. The molecule has 0 bridgehead atoms. The molecule has 5 rings (SSSR count). The van der Waals surface area contributed by atoms with Crippen molar-refractivity contribution in [3.05, 3.63) is 96.2 Å². The van der Waals surface area contributed by atoms with E-state index in [1.54, 1.807) is 26.0 Å². The molecule has 1 aliphatic heterocycles. The first kappa shape index (κ1) is 27.4. The van der Waals surface area contributed by atoms with Crippen LogP contribution in [0.4, 0.5) is 0 Å². The number of benzene rings is 3. The zero-order valence-electron chi connectivity index (χ0n) is 23.0. The number of hydrogen-bond donors (Lipinski definition) is 0. The van der Waals surface area contributed by atoms with Crippen LogP contribution in [-0.2, 0) is 4.79 Å².